The molecule has 0 radical (unpaired) electrons. The van der Waals surface area contributed by atoms with Crippen LogP contribution in [-0.2, 0) is 9.80 Å². The summed E-state index contributed by atoms with van der Waals surface area (Å²) in [6, 6.07) is 0. The predicted octanol–water partition coefficient (Wildman–Crippen LogP) is 1.38. The van der Waals surface area contributed by atoms with Crippen molar-refractivity contribution in [3.63, 3.8) is 0 Å². The standard InChI is InChI=1S/C11H21NO2S/c1-5-8-12(3,9-6-2)10-7-11-15(4,13)14/h5-6H,1-2,4,7-11H2,3H3/p+1. The second-order valence-electron chi connectivity index (χ2n) is 4.12. The second kappa shape index (κ2) is 6.10. The third kappa shape index (κ3) is 7.36. The van der Waals surface area contributed by atoms with Crippen molar-refractivity contribution < 1.29 is 13.2 Å². The van der Waals surface area contributed by atoms with Crippen molar-refractivity contribution in [2.75, 3.05) is 32.4 Å². The van der Waals surface area contributed by atoms with Gasteiger partial charge in [0.25, 0.3) is 0 Å². The van der Waals surface area contributed by atoms with Gasteiger partial charge in [0.05, 0.1) is 36.5 Å². The van der Waals surface area contributed by atoms with Crippen molar-refractivity contribution in [2.24, 2.45) is 0 Å². The van der Waals surface area contributed by atoms with Gasteiger partial charge in [0, 0.05) is 12.2 Å². The van der Waals surface area contributed by atoms with Crippen LogP contribution in [0.1, 0.15) is 6.42 Å². The molecule has 1 unspecified atom stereocenters. The van der Waals surface area contributed by atoms with Gasteiger partial charge in [-0.1, -0.05) is 13.2 Å². The summed E-state index contributed by atoms with van der Waals surface area (Å²) in [6.07, 6.45) is 4.42. The molecule has 0 rings (SSSR count). The Morgan fingerprint density at radius 2 is 1.80 bits per heavy atom. The molecule has 0 saturated carbocycles. The van der Waals surface area contributed by atoms with Crippen molar-refractivity contribution in [3.05, 3.63) is 25.3 Å². The molecule has 0 bridgehead atoms. The maximum absolute atomic E-state index is 11.0. The minimum atomic E-state index is -2.84. The van der Waals surface area contributed by atoms with E-state index in [4.69, 9.17) is 4.55 Å². The van der Waals surface area contributed by atoms with Gasteiger partial charge in [-0.2, -0.15) is 0 Å². The molecule has 0 saturated heterocycles. The van der Waals surface area contributed by atoms with E-state index in [1.165, 1.54) is 0 Å². The molecule has 0 aliphatic heterocycles. The van der Waals surface area contributed by atoms with Gasteiger partial charge in [0.1, 0.15) is 0 Å². The van der Waals surface area contributed by atoms with Gasteiger partial charge in [-0.15, -0.1) is 0 Å². The van der Waals surface area contributed by atoms with Crippen molar-refractivity contribution in [2.45, 2.75) is 6.42 Å². The summed E-state index contributed by atoms with van der Waals surface area (Å²) in [5.41, 5.74) is 0. The summed E-state index contributed by atoms with van der Waals surface area (Å²) < 4.78 is 20.8. The van der Waals surface area contributed by atoms with Crippen molar-refractivity contribution >= 4 is 15.7 Å². The monoisotopic (exact) mass is 232 g/mol. The minimum Gasteiger partial charge on any atom is -0.320 e. The molecule has 0 amide bonds. The molecule has 0 aromatic rings. The first-order valence-electron chi connectivity index (χ1n) is 4.96. The third-order valence-corrected chi connectivity index (χ3v) is 3.23. The Morgan fingerprint density at radius 1 is 1.33 bits per heavy atom. The molecule has 0 aromatic carbocycles. The zero-order valence-corrected chi connectivity index (χ0v) is 10.3. The Labute approximate surface area is 93.5 Å². The molecular weight excluding hydrogens is 210 g/mol. The van der Waals surface area contributed by atoms with Crippen LogP contribution in [0.2, 0.25) is 0 Å². The first-order chi connectivity index (χ1) is 6.83. The Kier molecular flexibility index (Phi) is 5.87. The van der Waals surface area contributed by atoms with E-state index in [-0.39, 0.29) is 5.75 Å². The molecule has 0 aliphatic carbocycles. The molecule has 88 valence electrons. The van der Waals surface area contributed by atoms with E-state index < -0.39 is 9.80 Å². The van der Waals surface area contributed by atoms with Gasteiger partial charge in [0.2, 0.25) is 0 Å². The molecule has 0 aromatic heterocycles. The topological polar surface area (TPSA) is 37.3 Å². The summed E-state index contributed by atoms with van der Waals surface area (Å²) in [5, 5.41) is 0. The van der Waals surface area contributed by atoms with Crippen LogP contribution in [0, 0.1) is 0 Å². The van der Waals surface area contributed by atoms with E-state index in [0.717, 1.165) is 24.1 Å². The molecule has 0 heterocycles. The zero-order valence-electron chi connectivity index (χ0n) is 9.52. The maximum Gasteiger partial charge on any atom is 0.0971 e. The molecule has 1 N–H and O–H groups in total. The van der Waals surface area contributed by atoms with E-state index in [2.05, 4.69) is 26.1 Å². The maximum atomic E-state index is 11.0. The Bertz CT molecular complexity index is 297. The van der Waals surface area contributed by atoms with E-state index >= 15 is 0 Å². The van der Waals surface area contributed by atoms with Crippen LogP contribution < -0.4 is 0 Å². The fourth-order valence-corrected chi connectivity index (χ4v) is 2.13. The smallest absolute Gasteiger partial charge is 0.0971 e. The highest BCUT2D eigenvalue weighted by Gasteiger charge is 2.17. The summed E-state index contributed by atoms with van der Waals surface area (Å²) in [7, 11) is -0.749. The van der Waals surface area contributed by atoms with Crippen molar-refractivity contribution in [1.29, 1.82) is 0 Å². The molecule has 3 nitrogen and oxygen atoms in total. The van der Waals surface area contributed by atoms with Crippen LogP contribution in [0.25, 0.3) is 0 Å². The minimum absolute atomic E-state index is 0.259. The molecular formula is C11H22NO2S+. The first-order valence-corrected chi connectivity index (χ1v) is 6.81. The summed E-state index contributed by atoms with van der Waals surface area (Å²) in [5.74, 6) is 3.48. The molecule has 15 heavy (non-hydrogen) atoms. The number of likely N-dealkylation sites (N-methyl/N-ethyl adjacent to an activating group) is 1. The molecule has 4 heteroatoms. The lowest BCUT2D eigenvalue weighted by molar-refractivity contribution is -0.898. The van der Waals surface area contributed by atoms with Gasteiger partial charge in [-0.05, 0) is 18.0 Å². The zero-order chi connectivity index (χ0) is 11.9. The van der Waals surface area contributed by atoms with Crippen molar-refractivity contribution in [1.82, 2.24) is 0 Å². The average molecular weight is 232 g/mol. The van der Waals surface area contributed by atoms with Crippen LogP contribution in [0.5, 0.6) is 0 Å². The van der Waals surface area contributed by atoms with E-state index in [1.807, 2.05) is 12.2 Å². The number of quaternary nitrogens is 1. The Hall–Kier alpha value is -0.580. The summed E-state index contributed by atoms with van der Waals surface area (Å²) >= 11 is 0. The van der Waals surface area contributed by atoms with Gasteiger partial charge in [-0.25, -0.2) is 4.21 Å². The highest BCUT2D eigenvalue weighted by Crippen LogP contribution is 2.05. The van der Waals surface area contributed by atoms with E-state index in [9.17, 15) is 4.21 Å². The van der Waals surface area contributed by atoms with Gasteiger partial charge >= 0.3 is 0 Å². The highest BCUT2D eigenvalue weighted by atomic mass is 32.2. The fourth-order valence-electron chi connectivity index (χ4n) is 1.55. The highest BCUT2D eigenvalue weighted by molar-refractivity contribution is 7.95. The number of hydrogen-bond acceptors (Lipinski definition) is 1. The van der Waals surface area contributed by atoms with Crippen LogP contribution in [-0.4, -0.2) is 51.5 Å². The van der Waals surface area contributed by atoms with Crippen molar-refractivity contribution in [3.8, 4) is 0 Å². The number of hydrogen-bond donors (Lipinski definition) is 1. The summed E-state index contributed by atoms with van der Waals surface area (Å²) in [6.45, 7) is 9.96. The van der Waals surface area contributed by atoms with E-state index in [0.29, 0.717) is 6.42 Å². The van der Waals surface area contributed by atoms with Gasteiger partial charge in [0.15, 0.2) is 0 Å². The second-order valence-corrected chi connectivity index (χ2v) is 6.07. The van der Waals surface area contributed by atoms with Gasteiger partial charge in [-0.3, -0.25) is 0 Å². The van der Waals surface area contributed by atoms with Gasteiger partial charge < -0.3 is 9.04 Å². The summed E-state index contributed by atoms with van der Waals surface area (Å²) in [4.78, 5) is 0. The SMILES string of the molecule is C=CC[N+](C)(CC=C)CCCS(=C)(=O)O. The largest absolute Gasteiger partial charge is 0.320 e. The molecule has 0 spiro atoms. The lowest BCUT2D eigenvalue weighted by Crippen LogP contribution is -2.45. The Balaban J connectivity index is 4.18. The number of nitrogens with zero attached hydrogens (tertiary/aromatic N) is 1. The predicted molar refractivity (Wildman–Crippen MR) is 68.6 cm³/mol. The third-order valence-electron chi connectivity index (χ3n) is 2.30. The number of rotatable bonds is 8. The van der Waals surface area contributed by atoms with Crippen LogP contribution in [0.4, 0.5) is 0 Å². The average Bonchev–Trinajstić information content (AvgIpc) is 2.01. The van der Waals surface area contributed by atoms with Crippen LogP contribution >= 0.6 is 0 Å². The fraction of sp³-hybridized carbons (Fsp3) is 0.545. The van der Waals surface area contributed by atoms with Crippen LogP contribution in [0.3, 0.4) is 0 Å². The Morgan fingerprint density at radius 3 is 2.13 bits per heavy atom. The van der Waals surface area contributed by atoms with Crippen LogP contribution in [0.15, 0.2) is 25.3 Å². The normalized spacial score (nSPS) is 15.6. The molecule has 1 atom stereocenters. The lowest BCUT2D eigenvalue weighted by Gasteiger charge is -2.32. The molecule has 0 aliphatic rings. The quantitative estimate of drug-likeness (QED) is 0.390. The molecule has 0 fully saturated rings. The lowest BCUT2D eigenvalue weighted by atomic mass is 10.3. The first kappa shape index (κ1) is 14.4. The van der Waals surface area contributed by atoms with E-state index in [1.54, 1.807) is 0 Å².